The van der Waals surface area contributed by atoms with Crippen molar-refractivity contribution in [1.29, 1.82) is 0 Å². The summed E-state index contributed by atoms with van der Waals surface area (Å²) in [6.07, 6.45) is 0. The second-order valence-corrected chi connectivity index (χ2v) is 4.93. The molecule has 12 heavy (non-hydrogen) atoms. The number of hydrogen-bond donors (Lipinski definition) is 1. The molecule has 0 aromatic rings. The zero-order valence-electron chi connectivity index (χ0n) is 9.02. The second-order valence-electron chi connectivity index (χ2n) is 4.93. The van der Waals surface area contributed by atoms with Crippen LogP contribution in [-0.2, 0) is 0 Å². The second kappa shape index (κ2) is 3.35. The lowest BCUT2D eigenvalue weighted by atomic mass is 9.98. The number of nitrogens with zero attached hydrogens (tertiary/aromatic N) is 1. The summed E-state index contributed by atoms with van der Waals surface area (Å²) in [6, 6.07) is 1.32. The highest BCUT2D eigenvalue weighted by Crippen LogP contribution is 2.21. The van der Waals surface area contributed by atoms with Gasteiger partial charge < -0.3 is 5.32 Å². The van der Waals surface area contributed by atoms with Crippen molar-refractivity contribution in [3.05, 3.63) is 0 Å². The van der Waals surface area contributed by atoms with E-state index in [9.17, 15) is 0 Å². The molecule has 72 valence electrons. The molecule has 0 aliphatic carbocycles. The van der Waals surface area contributed by atoms with Crippen LogP contribution in [0.15, 0.2) is 0 Å². The molecular weight excluding hydrogens is 148 g/mol. The van der Waals surface area contributed by atoms with Crippen molar-refractivity contribution in [3.8, 4) is 0 Å². The van der Waals surface area contributed by atoms with Crippen LogP contribution >= 0.6 is 0 Å². The fourth-order valence-electron chi connectivity index (χ4n) is 2.45. The van der Waals surface area contributed by atoms with Crippen LogP contribution in [0, 0.1) is 0 Å². The molecule has 1 saturated heterocycles. The molecule has 2 atom stereocenters. The first-order valence-corrected chi connectivity index (χ1v) is 4.92. The van der Waals surface area contributed by atoms with Crippen molar-refractivity contribution < 1.29 is 0 Å². The molecule has 0 radical (unpaired) electrons. The van der Waals surface area contributed by atoms with E-state index in [1.807, 2.05) is 0 Å². The molecule has 1 heterocycles. The Labute approximate surface area is 76.3 Å². The maximum atomic E-state index is 3.44. The molecule has 2 heteroatoms. The van der Waals surface area contributed by atoms with Crippen molar-refractivity contribution in [3.63, 3.8) is 0 Å². The van der Waals surface area contributed by atoms with Crippen LogP contribution < -0.4 is 5.32 Å². The zero-order chi connectivity index (χ0) is 9.35. The first kappa shape index (κ1) is 10.0. The van der Waals surface area contributed by atoms with Crippen LogP contribution in [-0.4, -0.2) is 35.6 Å². The van der Waals surface area contributed by atoms with Crippen LogP contribution in [0.3, 0.4) is 0 Å². The van der Waals surface area contributed by atoms with E-state index in [2.05, 4.69) is 44.8 Å². The van der Waals surface area contributed by atoms with Gasteiger partial charge >= 0.3 is 0 Å². The Morgan fingerprint density at radius 1 is 1.08 bits per heavy atom. The van der Waals surface area contributed by atoms with E-state index in [4.69, 9.17) is 0 Å². The number of hydrogen-bond acceptors (Lipinski definition) is 2. The lowest BCUT2D eigenvalue weighted by molar-refractivity contribution is 0.0265. The molecule has 2 nitrogen and oxygen atoms in total. The van der Waals surface area contributed by atoms with Gasteiger partial charge in [0.25, 0.3) is 0 Å². The average Bonchev–Trinajstić information content (AvgIpc) is 1.82. The quantitative estimate of drug-likeness (QED) is 0.592. The minimum atomic E-state index is 0.306. The smallest absolute Gasteiger partial charge is 0.0200 e. The number of nitrogens with one attached hydrogen (secondary N) is 1. The van der Waals surface area contributed by atoms with Gasteiger partial charge in [-0.15, -0.1) is 0 Å². The minimum absolute atomic E-state index is 0.306. The summed E-state index contributed by atoms with van der Waals surface area (Å²) in [6.45, 7) is 13.7. The summed E-state index contributed by atoms with van der Waals surface area (Å²) < 4.78 is 0. The third-order valence-electron chi connectivity index (χ3n) is 2.60. The molecule has 1 rings (SSSR count). The lowest BCUT2D eigenvalue weighted by Crippen LogP contribution is -2.61. The van der Waals surface area contributed by atoms with Gasteiger partial charge in [0.05, 0.1) is 0 Å². The molecule has 0 aromatic carbocycles. The molecule has 1 N–H and O–H groups in total. The van der Waals surface area contributed by atoms with Crippen LogP contribution in [0.2, 0.25) is 0 Å². The Morgan fingerprint density at radius 2 is 1.50 bits per heavy atom. The number of rotatable bonds is 0. The maximum Gasteiger partial charge on any atom is 0.0200 e. The predicted molar refractivity (Wildman–Crippen MR) is 53.4 cm³/mol. The fraction of sp³-hybridized carbons (Fsp3) is 1.00. The van der Waals surface area contributed by atoms with Crippen LogP contribution in [0.5, 0.6) is 0 Å². The van der Waals surface area contributed by atoms with Gasteiger partial charge in [-0.25, -0.2) is 0 Å². The molecule has 0 amide bonds. The van der Waals surface area contributed by atoms with Crippen LogP contribution in [0.25, 0.3) is 0 Å². The molecule has 0 bridgehead atoms. The first-order valence-electron chi connectivity index (χ1n) is 4.92. The molecule has 0 spiro atoms. The standard InChI is InChI=1S/C10H22N2/c1-8-6-11-7-9(2)12(8)10(3,4)5/h8-9,11H,6-7H2,1-5H3/t8-,9-/m0/s1. The highest BCUT2D eigenvalue weighted by atomic mass is 15.3. The topological polar surface area (TPSA) is 15.3 Å². The Kier molecular flexibility index (Phi) is 2.79. The fourth-order valence-corrected chi connectivity index (χ4v) is 2.45. The highest BCUT2D eigenvalue weighted by molar-refractivity contribution is 4.90. The molecule has 0 aromatic heterocycles. The van der Waals surface area contributed by atoms with Crippen molar-refractivity contribution in [1.82, 2.24) is 10.2 Å². The average molecular weight is 170 g/mol. The monoisotopic (exact) mass is 170 g/mol. The van der Waals surface area contributed by atoms with Crippen LogP contribution in [0.4, 0.5) is 0 Å². The molecule has 1 aliphatic rings. The normalized spacial score (nSPS) is 33.8. The Bertz CT molecular complexity index is 138. The van der Waals surface area contributed by atoms with Gasteiger partial charge in [0.2, 0.25) is 0 Å². The van der Waals surface area contributed by atoms with E-state index >= 15 is 0 Å². The number of piperazine rings is 1. The summed E-state index contributed by atoms with van der Waals surface area (Å²) >= 11 is 0. The van der Waals surface area contributed by atoms with Gasteiger partial charge in [-0.05, 0) is 34.6 Å². The Morgan fingerprint density at radius 3 is 1.75 bits per heavy atom. The third-order valence-corrected chi connectivity index (χ3v) is 2.60. The summed E-state index contributed by atoms with van der Waals surface area (Å²) in [4.78, 5) is 2.60. The van der Waals surface area contributed by atoms with Crippen molar-refractivity contribution in [2.45, 2.75) is 52.2 Å². The van der Waals surface area contributed by atoms with E-state index in [0.717, 1.165) is 13.1 Å². The molecular formula is C10H22N2. The van der Waals surface area contributed by atoms with E-state index < -0.39 is 0 Å². The van der Waals surface area contributed by atoms with E-state index in [1.54, 1.807) is 0 Å². The van der Waals surface area contributed by atoms with Crippen molar-refractivity contribution in [2.24, 2.45) is 0 Å². The Hall–Kier alpha value is -0.0800. The van der Waals surface area contributed by atoms with Gasteiger partial charge in [0.15, 0.2) is 0 Å². The van der Waals surface area contributed by atoms with Gasteiger partial charge in [-0.3, -0.25) is 4.90 Å². The summed E-state index contributed by atoms with van der Waals surface area (Å²) in [5.74, 6) is 0. The largest absolute Gasteiger partial charge is 0.314 e. The molecule has 1 aliphatic heterocycles. The predicted octanol–water partition coefficient (Wildman–Crippen LogP) is 1.47. The van der Waals surface area contributed by atoms with Crippen molar-refractivity contribution >= 4 is 0 Å². The zero-order valence-corrected chi connectivity index (χ0v) is 9.02. The maximum absolute atomic E-state index is 3.44. The molecule has 0 saturated carbocycles. The van der Waals surface area contributed by atoms with E-state index in [1.165, 1.54) is 0 Å². The Balaban J connectivity index is 2.69. The minimum Gasteiger partial charge on any atom is -0.314 e. The van der Waals surface area contributed by atoms with Gasteiger partial charge in [-0.1, -0.05) is 0 Å². The summed E-state index contributed by atoms with van der Waals surface area (Å²) in [5, 5.41) is 3.44. The summed E-state index contributed by atoms with van der Waals surface area (Å²) in [7, 11) is 0. The van der Waals surface area contributed by atoms with Crippen molar-refractivity contribution in [2.75, 3.05) is 13.1 Å². The third kappa shape index (κ3) is 1.99. The van der Waals surface area contributed by atoms with E-state index in [-0.39, 0.29) is 0 Å². The first-order chi connectivity index (χ1) is 5.43. The van der Waals surface area contributed by atoms with E-state index in [0.29, 0.717) is 17.6 Å². The van der Waals surface area contributed by atoms with Crippen LogP contribution in [0.1, 0.15) is 34.6 Å². The summed E-state index contributed by atoms with van der Waals surface area (Å²) in [5.41, 5.74) is 0.306. The highest BCUT2D eigenvalue weighted by Gasteiger charge is 2.32. The molecule has 0 unspecified atom stereocenters. The van der Waals surface area contributed by atoms with Gasteiger partial charge in [-0.2, -0.15) is 0 Å². The van der Waals surface area contributed by atoms with Gasteiger partial charge in [0.1, 0.15) is 0 Å². The lowest BCUT2D eigenvalue weighted by Gasteiger charge is -2.47. The SMILES string of the molecule is C[C@H]1CNC[C@H](C)N1C(C)(C)C. The van der Waals surface area contributed by atoms with Gasteiger partial charge in [0, 0.05) is 30.7 Å². The molecule has 1 fully saturated rings.